The molecule has 1 N–H and O–H groups in total. The summed E-state index contributed by atoms with van der Waals surface area (Å²) in [5.41, 5.74) is 1.92. The highest BCUT2D eigenvalue weighted by Crippen LogP contribution is 2.23. The fourth-order valence-corrected chi connectivity index (χ4v) is 2.73. The Bertz CT molecular complexity index is 1070. The SMILES string of the molecule is Cc1cccc(Cn2cc(C(=O)Nc3ccccc3[N+](=O)[O-])ccc2=O)c1. The van der Waals surface area contributed by atoms with E-state index in [0.29, 0.717) is 6.54 Å². The zero-order valence-corrected chi connectivity index (χ0v) is 14.6. The normalized spacial score (nSPS) is 10.4. The number of nitrogens with zero attached hydrogens (tertiary/aromatic N) is 2. The number of anilines is 1. The lowest BCUT2D eigenvalue weighted by atomic mass is 10.1. The van der Waals surface area contributed by atoms with Gasteiger partial charge in [0.25, 0.3) is 17.2 Å². The van der Waals surface area contributed by atoms with Gasteiger partial charge in [0.15, 0.2) is 0 Å². The second-order valence-corrected chi connectivity index (χ2v) is 6.10. The van der Waals surface area contributed by atoms with Crippen molar-refractivity contribution in [2.75, 3.05) is 5.32 Å². The van der Waals surface area contributed by atoms with Crippen molar-refractivity contribution in [3.8, 4) is 0 Å². The van der Waals surface area contributed by atoms with Crippen LogP contribution in [0.3, 0.4) is 0 Å². The van der Waals surface area contributed by atoms with Crippen molar-refractivity contribution in [2.45, 2.75) is 13.5 Å². The summed E-state index contributed by atoms with van der Waals surface area (Å²) in [6.45, 7) is 2.29. The van der Waals surface area contributed by atoms with Crippen LogP contribution in [0.2, 0.25) is 0 Å². The Hall–Kier alpha value is -3.74. The molecule has 136 valence electrons. The molecule has 0 fully saturated rings. The minimum atomic E-state index is -0.561. The van der Waals surface area contributed by atoms with Crippen LogP contribution in [-0.4, -0.2) is 15.4 Å². The lowest BCUT2D eigenvalue weighted by molar-refractivity contribution is -0.383. The Morgan fingerprint density at radius 3 is 2.63 bits per heavy atom. The number of pyridine rings is 1. The molecule has 0 radical (unpaired) electrons. The van der Waals surface area contributed by atoms with Gasteiger partial charge in [-0.05, 0) is 24.6 Å². The number of rotatable bonds is 5. The maximum Gasteiger partial charge on any atom is 0.292 e. The van der Waals surface area contributed by atoms with Crippen LogP contribution in [0, 0.1) is 17.0 Å². The maximum atomic E-state index is 12.5. The molecule has 1 amide bonds. The zero-order chi connectivity index (χ0) is 19.4. The van der Waals surface area contributed by atoms with E-state index in [9.17, 15) is 19.7 Å². The molecule has 1 heterocycles. The minimum Gasteiger partial charge on any atom is -0.316 e. The highest BCUT2D eigenvalue weighted by atomic mass is 16.6. The van der Waals surface area contributed by atoms with Gasteiger partial charge in [-0.1, -0.05) is 42.0 Å². The van der Waals surface area contributed by atoms with Crippen LogP contribution in [0.15, 0.2) is 71.7 Å². The van der Waals surface area contributed by atoms with Crippen molar-refractivity contribution in [3.63, 3.8) is 0 Å². The molecule has 0 atom stereocenters. The number of nitro benzene ring substituents is 1. The van der Waals surface area contributed by atoms with Gasteiger partial charge in [-0.3, -0.25) is 19.7 Å². The van der Waals surface area contributed by atoms with E-state index >= 15 is 0 Å². The first-order chi connectivity index (χ1) is 12.9. The number of aromatic nitrogens is 1. The van der Waals surface area contributed by atoms with E-state index in [-0.39, 0.29) is 22.5 Å². The molecule has 1 aromatic heterocycles. The molecule has 7 heteroatoms. The Labute approximate surface area is 155 Å². The summed E-state index contributed by atoms with van der Waals surface area (Å²) < 4.78 is 1.43. The molecule has 0 saturated carbocycles. The molecule has 3 rings (SSSR count). The fourth-order valence-electron chi connectivity index (χ4n) is 2.73. The van der Waals surface area contributed by atoms with Crippen LogP contribution in [0.4, 0.5) is 11.4 Å². The van der Waals surface area contributed by atoms with Crippen molar-refractivity contribution >= 4 is 17.3 Å². The Balaban J connectivity index is 1.86. The first-order valence-corrected chi connectivity index (χ1v) is 8.25. The van der Waals surface area contributed by atoms with E-state index in [1.807, 2.05) is 31.2 Å². The van der Waals surface area contributed by atoms with Gasteiger partial charge in [-0.15, -0.1) is 0 Å². The molecule has 27 heavy (non-hydrogen) atoms. The molecule has 0 aliphatic rings. The molecule has 0 unspecified atom stereocenters. The van der Waals surface area contributed by atoms with Gasteiger partial charge in [0.1, 0.15) is 5.69 Å². The van der Waals surface area contributed by atoms with E-state index in [2.05, 4.69) is 5.32 Å². The van der Waals surface area contributed by atoms with Gasteiger partial charge in [-0.2, -0.15) is 0 Å². The summed E-state index contributed by atoms with van der Waals surface area (Å²) in [6, 6.07) is 16.3. The van der Waals surface area contributed by atoms with Crippen LogP contribution < -0.4 is 10.9 Å². The van der Waals surface area contributed by atoms with Gasteiger partial charge >= 0.3 is 0 Å². The molecular weight excluding hydrogens is 346 g/mol. The molecule has 0 spiro atoms. The minimum absolute atomic E-state index is 0.101. The summed E-state index contributed by atoms with van der Waals surface area (Å²) in [4.78, 5) is 35.2. The van der Waals surface area contributed by atoms with Crippen LogP contribution in [0.1, 0.15) is 21.5 Å². The zero-order valence-electron chi connectivity index (χ0n) is 14.6. The smallest absolute Gasteiger partial charge is 0.292 e. The second-order valence-electron chi connectivity index (χ2n) is 6.10. The second kappa shape index (κ2) is 7.65. The summed E-state index contributed by atoms with van der Waals surface area (Å²) in [5, 5.41) is 13.6. The topological polar surface area (TPSA) is 94.2 Å². The molecule has 7 nitrogen and oxygen atoms in total. The van der Waals surface area contributed by atoms with E-state index in [1.165, 1.54) is 41.1 Å². The summed E-state index contributed by atoms with van der Waals surface area (Å²) in [7, 11) is 0. The van der Waals surface area contributed by atoms with Crippen molar-refractivity contribution in [3.05, 3.63) is 104 Å². The standard InChI is InChI=1S/C20H17N3O4/c1-14-5-4-6-15(11-14)12-22-13-16(9-10-19(22)24)20(25)21-17-7-2-3-8-18(17)23(26)27/h2-11,13H,12H2,1H3,(H,21,25). The van der Waals surface area contributed by atoms with Crippen molar-refractivity contribution in [2.24, 2.45) is 0 Å². The highest BCUT2D eigenvalue weighted by molar-refractivity contribution is 6.05. The summed E-state index contributed by atoms with van der Waals surface area (Å²) in [5.74, 6) is -0.526. The molecule has 0 saturated heterocycles. The number of carbonyl (C=O) groups is 1. The maximum absolute atomic E-state index is 12.5. The van der Waals surface area contributed by atoms with E-state index in [4.69, 9.17) is 0 Å². The lowest BCUT2D eigenvalue weighted by Crippen LogP contribution is -2.22. The van der Waals surface area contributed by atoms with Crippen molar-refractivity contribution in [1.29, 1.82) is 0 Å². The molecule has 2 aromatic carbocycles. The number of nitro groups is 1. The number of amides is 1. The van der Waals surface area contributed by atoms with Gasteiger partial charge in [0, 0.05) is 18.3 Å². The number of nitrogens with one attached hydrogen (secondary N) is 1. The number of para-hydroxylation sites is 2. The number of aryl methyl sites for hydroxylation is 1. The molecule has 0 bridgehead atoms. The Kier molecular flexibility index (Phi) is 5.12. The average Bonchev–Trinajstić information content (AvgIpc) is 2.64. The predicted octanol–water partition coefficient (Wildman–Crippen LogP) is 3.37. The predicted molar refractivity (Wildman–Crippen MR) is 102 cm³/mol. The Morgan fingerprint density at radius 2 is 1.89 bits per heavy atom. The summed E-state index contributed by atoms with van der Waals surface area (Å²) in [6.07, 6.45) is 1.45. The van der Waals surface area contributed by atoms with Gasteiger partial charge < -0.3 is 9.88 Å². The third-order valence-electron chi connectivity index (χ3n) is 4.03. The van der Waals surface area contributed by atoms with Gasteiger partial charge in [0.05, 0.1) is 17.0 Å². The average molecular weight is 363 g/mol. The molecule has 0 aliphatic carbocycles. The molecule has 3 aromatic rings. The largest absolute Gasteiger partial charge is 0.316 e. The first kappa shape index (κ1) is 18.1. The number of carbonyl (C=O) groups excluding carboxylic acids is 1. The summed E-state index contributed by atoms with van der Waals surface area (Å²) >= 11 is 0. The monoisotopic (exact) mass is 363 g/mol. The van der Waals surface area contributed by atoms with E-state index in [0.717, 1.165) is 11.1 Å². The number of hydrogen-bond acceptors (Lipinski definition) is 4. The van der Waals surface area contributed by atoms with Crippen LogP contribution in [-0.2, 0) is 6.54 Å². The van der Waals surface area contributed by atoms with Crippen molar-refractivity contribution < 1.29 is 9.72 Å². The van der Waals surface area contributed by atoms with Crippen molar-refractivity contribution in [1.82, 2.24) is 4.57 Å². The number of benzene rings is 2. The van der Waals surface area contributed by atoms with E-state index < -0.39 is 10.8 Å². The lowest BCUT2D eigenvalue weighted by Gasteiger charge is -2.10. The van der Waals surface area contributed by atoms with Gasteiger partial charge in [0.2, 0.25) is 0 Å². The highest BCUT2D eigenvalue weighted by Gasteiger charge is 2.16. The van der Waals surface area contributed by atoms with Gasteiger partial charge in [-0.25, -0.2) is 0 Å². The Morgan fingerprint density at radius 1 is 1.11 bits per heavy atom. The number of hydrogen-bond donors (Lipinski definition) is 1. The van der Waals surface area contributed by atoms with Crippen LogP contribution >= 0.6 is 0 Å². The quantitative estimate of drug-likeness (QED) is 0.555. The molecule has 0 aliphatic heterocycles. The van der Waals surface area contributed by atoms with Crippen LogP contribution in [0.25, 0.3) is 0 Å². The van der Waals surface area contributed by atoms with E-state index in [1.54, 1.807) is 6.07 Å². The third kappa shape index (κ3) is 4.27. The fraction of sp³-hybridized carbons (Fsp3) is 0.100. The first-order valence-electron chi connectivity index (χ1n) is 8.25. The molecular formula is C20H17N3O4. The van der Waals surface area contributed by atoms with Crippen LogP contribution in [0.5, 0.6) is 0 Å². The third-order valence-corrected chi connectivity index (χ3v) is 4.03.